The molecule has 12 nitrogen and oxygen atoms in total. The Morgan fingerprint density at radius 1 is 1.00 bits per heavy atom. The van der Waals surface area contributed by atoms with Crippen LogP contribution < -0.4 is 16.1 Å². The zero-order valence-electron chi connectivity index (χ0n) is 25.1. The summed E-state index contributed by atoms with van der Waals surface area (Å²) in [6, 6.07) is 11.5. The quantitative estimate of drug-likeness (QED) is 0.219. The molecule has 1 aliphatic rings. The molecule has 0 spiro atoms. The van der Waals surface area contributed by atoms with Gasteiger partial charge >= 0.3 is 11.4 Å². The summed E-state index contributed by atoms with van der Waals surface area (Å²) in [5.41, 5.74) is 0.119. The summed E-state index contributed by atoms with van der Waals surface area (Å²) in [7, 11) is 0. The number of phenols is 1. The number of aromatic hydroxyl groups is 1. The lowest BCUT2D eigenvalue weighted by Gasteiger charge is -2.22. The molecule has 0 fully saturated rings. The molecule has 236 valence electrons. The average molecular weight is 611 g/mol. The van der Waals surface area contributed by atoms with Crippen LogP contribution in [0.3, 0.4) is 0 Å². The monoisotopic (exact) mass is 610 g/mol. The maximum atomic E-state index is 15.0. The Labute approximate surface area is 254 Å². The zero-order chi connectivity index (χ0) is 31.1. The molecule has 1 atom stereocenters. The highest BCUT2D eigenvalue weighted by atomic mass is 19.1. The lowest BCUT2D eigenvalue weighted by Crippen LogP contribution is -2.26. The van der Waals surface area contributed by atoms with Gasteiger partial charge in [0, 0.05) is 0 Å². The lowest BCUT2D eigenvalue weighted by atomic mass is 9.90. The smallest absolute Gasteiger partial charge is 0.356 e. The fourth-order valence-corrected chi connectivity index (χ4v) is 5.33. The van der Waals surface area contributed by atoms with Gasteiger partial charge in [0.25, 0.3) is 0 Å². The molecular weight excluding hydrogens is 571 g/mol. The molecule has 0 saturated carbocycles. The number of phenolic OH excluding ortho intramolecular Hbond substituents is 1. The summed E-state index contributed by atoms with van der Waals surface area (Å²) in [6.45, 7) is 5.92. The highest BCUT2D eigenvalue weighted by Gasteiger charge is 2.34. The molecule has 2 N–H and O–H groups in total. The molecular formula is C31H39FN6O6. The summed E-state index contributed by atoms with van der Waals surface area (Å²) in [6.07, 6.45) is 4.83. The molecule has 0 radical (unpaired) electrons. The summed E-state index contributed by atoms with van der Waals surface area (Å²) in [4.78, 5) is 25.6. The number of H-pyrrole nitrogens is 1. The second kappa shape index (κ2) is 14.0. The predicted molar refractivity (Wildman–Crippen MR) is 161 cm³/mol. The van der Waals surface area contributed by atoms with Crippen molar-refractivity contribution in [1.82, 2.24) is 29.3 Å². The average Bonchev–Trinajstić information content (AvgIpc) is 3.55. The highest BCUT2D eigenvalue weighted by Crippen LogP contribution is 2.34. The molecule has 44 heavy (non-hydrogen) atoms. The number of fused-ring (bicyclic) bond motifs is 1. The van der Waals surface area contributed by atoms with Crippen molar-refractivity contribution in [1.29, 1.82) is 0 Å². The van der Waals surface area contributed by atoms with Gasteiger partial charge in [-0.1, -0.05) is 24.6 Å². The van der Waals surface area contributed by atoms with E-state index in [1.165, 1.54) is 6.07 Å². The molecule has 0 amide bonds. The topological polar surface area (TPSA) is 138 Å². The fourth-order valence-electron chi connectivity index (χ4n) is 5.33. The minimum atomic E-state index is -1.44. The number of alkyl halides is 1. The molecule has 0 bridgehead atoms. The molecule has 0 saturated heterocycles. The molecule has 13 heteroatoms. The van der Waals surface area contributed by atoms with E-state index in [2.05, 4.69) is 15.4 Å². The van der Waals surface area contributed by atoms with Crippen LogP contribution >= 0.6 is 0 Å². The van der Waals surface area contributed by atoms with Gasteiger partial charge in [-0.2, -0.15) is 4.68 Å². The number of hydrogen-bond donors (Lipinski definition) is 2. The number of aryl methyl sites for hydroxylation is 1. The van der Waals surface area contributed by atoms with Crippen molar-refractivity contribution in [2.75, 3.05) is 33.0 Å². The van der Waals surface area contributed by atoms with Crippen LogP contribution in [0.25, 0.3) is 11.4 Å². The lowest BCUT2D eigenvalue weighted by molar-refractivity contribution is 0.0331. The maximum Gasteiger partial charge on any atom is 0.356 e. The standard InChI is InChI=1S/C31H39FN6O6/c1-3-22-8-13-27(39)26(21-22)38-30(41)37(29(40)34-38)23-9-11-24(12-10-23)44-20-19-43-18-17-42-16-15-36-25-7-5-4-6-14-31(2,32)28(25)33-35-36/h8-13,21,39H,3-7,14-20H2,1-2H3,(H,34,40). The number of nitrogens with one attached hydrogen (secondary N) is 1. The minimum absolute atomic E-state index is 0.113. The van der Waals surface area contributed by atoms with Crippen LogP contribution in [0, 0.1) is 0 Å². The third-order valence-electron chi connectivity index (χ3n) is 7.78. The van der Waals surface area contributed by atoms with Gasteiger partial charge in [0.1, 0.15) is 29.5 Å². The number of halogens is 1. The summed E-state index contributed by atoms with van der Waals surface area (Å²) >= 11 is 0. The number of rotatable bonds is 13. The van der Waals surface area contributed by atoms with Crippen molar-refractivity contribution in [2.45, 2.75) is 64.6 Å². The van der Waals surface area contributed by atoms with Gasteiger partial charge in [-0.25, -0.2) is 28.3 Å². The molecule has 4 aromatic rings. The third-order valence-corrected chi connectivity index (χ3v) is 7.78. The minimum Gasteiger partial charge on any atom is -0.506 e. The molecule has 2 aromatic heterocycles. The molecule has 5 rings (SSSR count). The van der Waals surface area contributed by atoms with Gasteiger partial charge in [0.05, 0.1) is 44.4 Å². The first-order valence-corrected chi connectivity index (χ1v) is 15.1. The number of aromatic amines is 1. The van der Waals surface area contributed by atoms with Crippen LogP contribution in [-0.4, -0.2) is 67.5 Å². The molecule has 1 aliphatic carbocycles. The number of hydrogen-bond acceptors (Lipinski definition) is 8. The first-order chi connectivity index (χ1) is 21.3. The van der Waals surface area contributed by atoms with Crippen molar-refractivity contribution in [3.63, 3.8) is 0 Å². The molecule has 2 aromatic carbocycles. The van der Waals surface area contributed by atoms with E-state index in [9.17, 15) is 14.7 Å². The predicted octanol–water partition coefficient (Wildman–Crippen LogP) is 3.59. The Hall–Kier alpha value is -4.23. The van der Waals surface area contributed by atoms with Crippen molar-refractivity contribution < 1.29 is 23.7 Å². The largest absolute Gasteiger partial charge is 0.506 e. The van der Waals surface area contributed by atoms with E-state index in [0.717, 1.165) is 46.2 Å². The van der Waals surface area contributed by atoms with E-state index < -0.39 is 17.0 Å². The van der Waals surface area contributed by atoms with E-state index in [0.29, 0.717) is 69.6 Å². The summed E-state index contributed by atoms with van der Waals surface area (Å²) < 4.78 is 35.8. The van der Waals surface area contributed by atoms with Crippen LogP contribution in [-0.2, 0) is 34.5 Å². The normalized spacial score (nSPS) is 16.8. The van der Waals surface area contributed by atoms with Gasteiger partial charge in [0.2, 0.25) is 0 Å². The second-order valence-electron chi connectivity index (χ2n) is 11.0. The number of aromatic nitrogens is 6. The summed E-state index contributed by atoms with van der Waals surface area (Å²) in [5.74, 6) is 0.440. The second-order valence-corrected chi connectivity index (χ2v) is 11.0. The van der Waals surface area contributed by atoms with E-state index in [1.54, 1.807) is 48.0 Å². The fraction of sp³-hybridized carbons (Fsp3) is 0.484. The van der Waals surface area contributed by atoms with E-state index >= 15 is 4.39 Å². The molecule has 0 aliphatic heterocycles. The SMILES string of the molecule is CCc1ccc(O)c(-n2[nH]c(=O)n(-c3ccc(OCCOCCOCCn4nnc5c4CCCCCC5(C)F)cc3)c2=O)c1. The van der Waals surface area contributed by atoms with Gasteiger partial charge in [-0.05, 0) is 81.0 Å². The van der Waals surface area contributed by atoms with Crippen LogP contribution in [0.15, 0.2) is 52.1 Å². The Morgan fingerprint density at radius 2 is 1.75 bits per heavy atom. The van der Waals surface area contributed by atoms with Crippen LogP contribution in [0.5, 0.6) is 11.5 Å². The van der Waals surface area contributed by atoms with Gasteiger partial charge in [0.15, 0.2) is 5.67 Å². The van der Waals surface area contributed by atoms with Crippen LogP contribution in [0.4, 0.5) is 4.39 Å². The van der Waals surface area contributed by atoms with Crippen LogP contribution in [0.2, 0.25) is 0 Å². The van der Waals surface area contributed by atoms with Crippen molar-refractivity contribution in [2.24, 2.45) is 0 Å². The number of ether oxygens (including phenoxy) is 3. The van der Waals surface area contributed by atoms with Crippen molar-refractivity contribution in [3.8, 4) is 22.9 Å². The molecule has 2 heterocycles. The summed E-state index contributed by atoms with van der Waals surface area (Å²) in [5, 5.41) is 21.1. The number of nitrogens with zero attached hydrogens (tertiary/aromatic N) is 5. The highest BCUT2D eigenvalue weighted by molar-refractivity contribution is 5.48. The van der Waals surface area contributed by atoms with Crippen molar-refractivity contribution >= 4 is 0 Å². The van der Waals surface area contributed by atoms with E-state index in [-0.39, 0.29) is 11.4 Å². The van der Waals surface area contributed by atoms with E-state index in [1.807, 2.05) is 6.92 Å². The first kappa shape index (κ1) is 31.2. The van der Waals surface area contributed by atoms with Crippen LogP contribution in [0.1, 0.15) is 56.5 Å². The van der Waals surface area contributed by atoms with Gasteiger partial charge in [-0.3, -0.25) is 0 Å². The van der Waals surface area contributed by atoms with Crippen molar-refractivity contribution in [3.05, 3.63) is 80.4 Å². The van der Waals surface area contributed by atoms with Gasteiger partial charge in [-0.15, -0.1) is 5.10 Å². The molecule has 1 unspecified atom stereocenters. The first-order valence-electron chi connectivity index (χ1n) is 15.1. The Bertz CT molecular complexity index is 1660. The number of benzene rings is 2. The Balaban J connectivity index is 1.04. The van der Waals surface area contributed by atoms with Gasteiger partial charge < -0.3 is 19.3 Å². The Morgan fingerprint density at radius 3 is 2.52 bits per heavy atom. The van der Waals surface area contributed by atoms with E-state index in [4.69, 9.17) is 14.2 Å². The zero-order valence-corrected chi connectivity index (χ0v) is 25.1. The third kappa shape index (κ3) is 7.11. The Kier molecular flexibility index (Phi) is 9.95. The maximum absolute atomic E-state index is 15.0.